The van der Waals surface area contributed by atoms with Gasteiger partial charge in [0.2, 0.25) is 5.91 Å². The van der Waals surface area contributed by atoms with Crippen molar-refractivity contribution < 1.29 is 31.1 Å². The molecule has 12 heteroatoms. The van der Waals surface area contributed by atoms with Crippen molar-refractivity contribution in [3.63, 3.8) is 0 Å². The minimum Gasteiger partial charge on any atom is -0.382 e. The first-order valence-corrected chi connectivity index (χ1v) is 12.2. The van der Waals surface area contributed by atoms with Crippen molar-refractivity contribution in [2.75, 3.05) is 56.0 Å². The van der Waals surface area contributed by atoms with Crippen molar-refractivity contribution in [3.8, 4) is 0 Å². The van der Waals surface area contributed by atoms with Gasteiger partial charge in [-0.3, -0.25) is 14.7 Å². The summed E-state index contributed by atoms with van der Waals surface area (Å²) in [5.74, 6) is 0.0480. The Morgan fingerprint density at radius 3 is 2.14 bits per heavy atom. The van der Waals surface area contributed by atoms with E-state index in [1.165, 1.54) is 18.2 Å². The monoisotopic (exact) mass is 529 g/mol. The van der Waals surface area contributed by atoms with E-state index < -0.39 is 23.6 Å². The molecule has 0 atom stereocenters. The summed E-state index contributed by atoms with van der Waals surface area (Å²) in [5.41, 5.74) is -0.490. The maximum Gasteiger partial charge on any atom is 0.433 e. The molecule has 2 aliphatic rings. The maximum absolute atomic E-state index is 12.9. The minimum absolute atomic E-state index is 0.0224. The molecule has 1 amide bonds. The van der Waals surface area contributed by atoms with Gasteiger partial charge in [0.1, 0.15) is 5.69 Å². The summed E-state index contributed by atoms with van der Waals surface area (Å²) in [6.07, 6.45) is -6.06. The van der Waals surface area contributed by atoms with E-state index in [9.17, 15) is 31.1 Å². The molecule has 2 aliphatic heterocycles. The van der Waals surface area contributed by atoms with E-state index in [0.717, 1.165) is 30.1 Å². The van der Waals surface area contributed by atoms with Gasteiger partial charge in [-0.15, -0.1) is 0 Å². The minimum atomic E-state index is -4.50. The zero-order valence-corrected chi connectivity index (χ0v) is 20.2. The van der Waals surface area contributed by atoms with Gasteiger partial charge in [0, 0.05) is 75.8 Å². The van der Waals surface area contributed by atoms with Gasteiger partial charge in [0.15, 0.2) is 0 Å². The van der Waals surface area contributed by atoms with Crippen LogP contribution >= 0.6 is 0 Å². The molecule has 3 heterocycles. The number of likely N-dealkylation sites (tertiary alicyclic amines) is 1. The van der Waals surface area contributed by atoms with Crippen LogP contribution in [0.5, 0.6) is 0 Å². The Balaban J connectivity index is 1.16. The molecule has 2 saturated heterocycles. The van der Waals surface area contributed by atoms with Crippen LogP contribution in [0.25, 0.3) is 0 Å². The molecule has 2 fully saturated rings. The van der Waals surface area contributed by atoms with Crippen molar-refractivity contribution in [2.45, 2.75) is 37.7 Å². The molecule has 0 bridgehead atoms. The number of carbonyl (C=O) groups excluding carboxylic acids is 1. The number of halogens is 6. The lowest BCUT2D eigenvalue weighted by Crippen LogP contribution is -2.48. The highest BCUT2D eigenvalue weighted by Gasteiger charge is 2.33. The molecule has 0 radical (unpaired) electrons. The fourth-order valence-electron chi connectivity index (χ4n) is 4.69. The van der Waals surface area contributed by atoms with Gasteiger partial charge in [0.05, 0.1) is 5.56 Å². The van der Waals surface area contributed by atoms with Gasteiger partial charge in [-0.05, 0) is 49.2 Å². The number of amides is 1. The second-order valence-electron chi connectivity index (χ2n) is 9.35. The van der Waals surface area contributed by atoms with E-state index in [-0.39, 0.29) is 11.9 Å². The van der Waals surface area contributed by atoms with Crippen LogP contribution in [0, 0.1) is 0 Å². The number of hydrogen-bond acceptors (Lipinski definition) is 5. The van der Waals surface area contributed by atoms with Crippen LogP contribution in [-0.4, -0.2) is 72.5 Å². The predicted molar refractivity (Wildman–Crippen MR) is 127 cm³/mol. The first kappa shape index (κ1) is 27.0. The van der Waals surface area contributed by atoms with Gasteiger partial charge in [-0.25, -0.2) is 0 Å². The summed E-state index contributed by atoms with van der Waals surface area (Å²) >= 11 is 0. The molecule has 0 saturated carbocycles. The highest BCUT2D eigenvalue weighted by atomic mass is 19.4. The van der Waals surface area contributed by atoms with Crippen LogP contribution in [0.15, 0.2) is 42.6 Å². The summed E-state index contributed by atoms with van der Waals surface area (Å²) in [6.45, 7) is 4.45. The zero-order valence-electron chi connectivity index (χ0n) is 20.2. The lowest BCUT2D eigenvalue weighted by molar-refractivity contribution is -0.141. The highest BCUT2D eigenvalue weighted by Crippen LogP contribution is 2.31. The summed E-state index contributed by atoms with van der Waals surface area (Å²) in [6, 6.07) is 7.64. The van der Waals surface area contributed by atoms with Gasteiger partial charge in [0.25, 0.3) is 0 Å². The standard InChI is InChI=1S/C25H29F6N5O/c26-24(27,28)18-1-3-21(4-2-18)35-15-13-34(14-16-35)10-8-23(37)36-11-6-19(7-12-36)33-20-5-9-32-22(17-20)25(29,30)31/h1-5,9,17,19H,6-8,10-16H2,(H,32,33). The number of hydrogen-bond donors (Lipinski definition) is 1. The zero-order chi connectivity index (χ0) is 26.6. The number of piperidine rings is 1. The first-order chi connectivity index (χ1) is 17.5. The second-order valence-corrected chi connectivity index (χ2v) is 9.35. The number of nitrogens with one attached hydrogen (secondary N) is 1. The van der Waals surface area contributed by atoms with E-state index in [1.54, 1.807) is 4.90 Å². The molecule has 0 unspecified atom stereocenters. The summed E-state index contributed by atoms with van der Waals surface area (Å²) in [4.78, 5) is 22.1. The molecule has 1 aromatic carbocycles. The quantitative estimate of drug-likeness (QED) is 0.549. The number of pyridine rings is 1. The van der Waals surface area contributed by atoms with Gasteiger partial charge >= 0.3 is 12.4 Å². The van der Waals surface area contributed by atoms with E-state index in [0.29, 0.717) is 70.8 Å². The third kappa shape index (κ3) is 7.27. The fourth-order valence-corrected chi connectivity index (χ4v) is 4.69. The van der Waals surface area contributed by atoms with Crippen molar-refractivity contribution >= 4 is 17.3 Å². The SMILES string of the molecule is O=C(CCN1CCN(c2ccc(C(F)(F)F)cc2)CC1)N1CCC(Nc2ccnc(C(F)(F)F)c2)CC1. The van der Waals surface area contributed by atoms with E-state index in [1.807, 2.05) is 4.90 Å². The summed E-state index contributed by atoms with van der Waals surface area (Å²) in [7, 11) is 0. The van der Waals surface area contributed by atoms with Crippen LogP contribution in [0.1, 0.15) is 30.5 Å². The van der Waals surface area contributed by atoms with Crippen LogP contribution in [0.3, 0.4) is 0 Å². The van der Waals surface area contributed by atoms with E-state index >= 15 is 0 Å². The van der Waals surface area contributed by atoms with E-state index in [4.69, 9.17) is 0 Å². The van der Waals surface area contributed by atoms with Gasteiger partial charge < -0.3 is 15.1 Å². The van der Waals surface area contributed by atoms with Crippen LogP contribution in [0.2, 0.25) is 0 Å². The lowest BCUT2D eigenvalue weighted by Gasteiger charge is -2.37. The Labute approximate surface area is 211 Å². The number of alkyl halides is 6. The number of nitrogens with zero attached hydrogens (tertiary/aromatic N) is 4. The lowest BCUT2D eigenvalue weighted by atomic mass is 10.0. The number of carbonyl (C=O) groups is 1. The highest BCUT2D eigenvalue weighted by molar-refractivity contribution is 5.76. The fraction of sp³-hybridized carbons (Fsp3) is 0.520. The number of piperazine rings is 1. The van der Waals surface area contributed by atoms with Crippen LogP contribution in [-0.2, 0) is 17.1 Å². The second kappa shape index (κ2) is 11.2. The Morgan fingerprint density at radius 1 is 0.892 bits per heavy atom. The molecule has 1 aromatic heterocycles. The van der Waals surface area contributed by atoms with Crippen LogP contribution < -0.4 is 10.2 Å². The van der Waals surface area contributed by atoms with Crippen molar-refractivity contribution in [2.24, 2.45) is 0 Å². The molecule has 1 N–H and O–H groups in total. The first-order valence-electron chi connectivity index (χ1n) is 12.2. The Hall–Kier alpha value is -3.02. The molecule has 2 aromatic rings. The molecule has 202 valence electrons. The molecular formula is C25H29F6N5O. The number of benzene rings is 1. The number of rotatable bonds is 6. The Kier molecular flexibility index (Phi) is 8.15. The number of anilines is 2. The molecule has 37 heavy (non-hydrogen) atoms. The molecule has 0 spiro atoms. The van der Waals surface area contributed by atoms with Crippen molar-refractivity contribution in [3.05, 3.63) is 53.9 Å². The average molecular weight is 530 g/mol. The molecule has 6 nitrogen and oxygen atoms in total. The molecule has 0 aliphatic carbocycles. The predicted octanol–water partition coefficient (Wildman–Crippen LogP) is 4.73. The molecular weight excluding hydrogens is 500 g/mol. The maximum atomic E-state index is 12.9. The van der Waals surface area contributed by atoms with Gasteiger partial charge in [-0.1, -0.05) is 0 Å². The van der Waals surface area contributed by atoms with Gasteiger partial charge in [-0.2, -0.15) is 26.3 Å². The summed E-state index contributed by atoms with van der Waals surface area (Å²) in [5, 5.41) is 3.12. The third-order valence-corrected chi connectivity index (χ3v) is 6.84. The van der Waals surface area contributed by atoms with Crippen molar-refractivity contribution in [1.82, 2.24) is 14.8 Å². The number of aromatic nitrogens is 1. The Morgan fingerprint density at radius 2 is 1.54 bits per heavy atom. The van der Waals surface area contributed by atoms with Crippen LogP contribution in [0.4, 0.5) is 37.7 Å². The summed E-state index contributed by atoms with van der Waals surface area (Å²) < 4.78 is 76.9. The average Bonchev–Trinajstić information content (AvgIpc) is 2.87. The smallest absolute Gasteiger partial charge is 0.382 e. The Bertz CT molecular complexity index is 1040. The topological polar surface area (TPSA) is 51.7 Å². The normalized spacial score (nSPS) is 18.2. The van der Waals surface area contributed by atoms with E-state index in [2.05, 4.69) is 15.2 Å². The van der Waals surface area contributed by atoms with Crippen molar-refractivity contribution in [1.29, 1.82) is 0 Å². The molecule has 4 rings (SSSR count). The third-order valence-electron chi connectivity index (χ3n) is 6.84. The largest absolute Gasteiger partial charge is 0.433 e.